The Hall–Kier alpha value is -1.06. The minimum Gasteiger partial charge on any atom is -0.492 e. The van der Waals surface area contributed by atoms with Gasteiger partial charge in [0.1, 0.15) is 12.4 Å². The number of para-hydroxylation sites is 1. The molecule has 3 nitrogen and oxygen atoms in total. The molecule has 0 aliphatic carbocycles. The van der Waals surface area contributed by atoms with E-state index < -0.39 is 0 Å². The first-order valence-electron chi connectivity index (χ1n) is 5.84. The Morgan fingerprint density at radius 3 is 2.94 bits per heavy atom. The molecule has 16 heavy (non-hydrogen) atoms. The van der Waals surface area contributed by atoms with Gasteiger partial charge in [0, 0.05) is 26.2 Å². The van der Waals surface area contributed by atoms with Crippen molar-refractivity contribution in [3.63, 3.8) is 0 Å². The molecule has 2 aliphatic rings. The molecule has 3 rings (SSSR count). The monoisotopic (exact) mass is 219 g/mol. The van der Waals surface area contributed by atoms with Crippen LogP contribution in [0.3, 0.4) is 0 Å². The Kier molecular flexibility index (Phi) is 2.58. The lowest BCUT2D eigenvalue weighted by Gasteiger charge is -2.44. The minimum absolute atomic E-state index is 0.428. The zero-order valence-corrected chi connectivity index (χ0v) is 9.56. The van der Waals surface area contributed by atoms with Gasteiger partial charge in [0.25, 0.3) is 0 Å². The molecule has 0 saturated carbocycles. The third-order valence-electron chi connectivity index (χ3n) is 3.59. The fourth-order valence-electron chi connectivity index (χ4n) is 2.46. The van der Waals surface area contributed by atoms with Gasteiger partial charge in [-0.25, -0.2) is 0 Å². The third kappa shape index (κ3) is 1.70. The summed E-state index contributed by atoms with van der Waals surface area (Å²) in [6.07, 6.45) is 1.53. The fraction of sp³-hybridized carbons (Fsp3) is 0.538. The van der Waals surface area contributed by atoms with Crippen molar-refractivity contribution in [1.29, 1.82) is 0 Å². The molecule has 0 bridgehead atoms. The van der Waals surface area contributed by atoms with E-state index >= 15 is 0 Å². The van der Waals surface area contributed by atoms with E-state index in [1.807, 2.05) is 6.07 Å². The molecule has 0 amide bonds. The van der Waals surface area contributed by atoms with E-state index in [1.165, 1.54) is 5.56 Å². The van der Waals surface area contributed by atoms with Crippen LogP contribution in [0.25, 0.3) is 0 Å². The maximum atomic E-state index is 5.78. The van der Waals surface area contributed by atoms with Gasteiger partial charge in [-0.2, -0.15) is 0 Å². The van der Waals surface area contributed by atoms with Crippen LogP contribution in [0.4, 0.5) is 0 Å². The van der Waals surface area contributed by atoms with Crippen LogP contribution in [0.2, 0.25) is 0 Å². The van der Waals surface area contributed by atoms with Crippen molar-refractivity contribution in [2.24, 2.45) is 0 Å². The number of rotatable bonds is 2. The number of nitrogens with zero attached hydrogens (tertiary/aromatic N) is 1. The maximum absolute atomic E-state index is 5.78. The predicted octanol–water partition coefficient (Wildman–Crippen LogP) is 1.32. The smallest absolute Gasteiger partial charge is 0.122 e. The highest BCUT2D eigenvalue weighted by Crippen LogP contribution is 2.28. The molecule has 86 valence electrons. The number of ether oxygens (including phenoxy) is 2. The summed E-state index contributed by atoms with van der Waals surface area (Å²) >= 11 is 0. The number of benzene rings is 1. The Morgan fingerprint density at radius 2 is 2.12 bits per heavy atom. The van der Waals surface area contributed by atoms with Gasteiger partial charge in [0.05, 0.1) is 6.10 Å². The summed E-state index contributed by atoms with van der Waals surface area (Å²) in [5.74, 6) is 1.06. The Balaban J connectivity index is 1.65. The number of hydrogen-bond acceptors (Lipinski definition) is 3. The molecular formula is C13H17NO2. The molecule has 1 saturated heterocycles. The SMILES string of the molecule is COC1CN(C2COc3ccccc3C2)C1. The summed E-state index contributed by atoms with van der Waals surface area (Å²) in [5, 5.41) is 0. The van der Waals surface area contributed by atoms with Crippen LogP contribution in [-0.2, 0) is 11.2 Å². The van der Waals surface area contributed by atoms with Crippen LogP contribution < -0.4 is 4.74 Å². The largest absolute Gasteiger partial charge is 0.492 e. The molecule has 1 aromatic rings. The van der Waals surface area contributed by atoms with Crippen molar-refractivity contribution in [3.8, 4) is 5.75 Å². The summed E-state index contributed by atoms with van der Waals surface area (Å²) in [4.78, 5) is 2.45. The van der Waals surface area contributed by atoms with Gasteiger partial charge < -0.3 is 9.47 Å². The van der Waals surface area contributed by atoms with E-state index in [1.54, 1.807) is 7.11 Å². The molecule has 3 heteroatoms. The predicted molar refractivity (Wildman–Crippen MR) is 61.8 cm³/mol. The fourth-order valence-corrected chi connectivity index (χ4v) is 2.46. The normalized spacial score (nSPS) is 25.7. The van der Waals surface area contributed by atoms with Crippen LogP contribution in [-0.4, -0.2) is 43.9 Å². The van der Waals surface area contributed by atoms with Gasteiger partial charge in [-0.05, 0) is 18.1 Å². The number of fused-ring (bicyclic) bond motifs is 1. The lowest BCUT2D eigenvalue weighted by Crippen LogP contribution is -2.58. The van der Waals surface area contributed by atoms with Crippen LogP contribution in [0.1, 0.15) is 5.56 Å². The number of hydrogen-bond donors (Lipinski definition) is 0. The van der Waals surface area contributed by atoms with E-state index in [2.05, 4.69) is 23.1 Å². The van der Waals surface area contributed by atoms with Gasteiger partial charge in [-0.15, -0.1) is 0 Å². The molecule has 2 heterocycles. The second-order valence-corrected chi connectivity index (χ2v) is 4.59. The quantitative estimate of drug-likeness (QED) is 0.749. The average Bonchev–Trinajstić information content (AvgIpc) is 2.27. The van der Waals surface area contributed by atoms with Gasteiger partial charge in [0.2, 0.25) is 0 Å². The topological polar surface area (TPSA) is 21.7 Å². The molecule has 0 spiro atoms. The van der Waals surface area contributed by atoms with E-state index in [9.17, 15) is 0 Å². The molecule has 1 fully saturated rings. The zero-order chi connectivity index (χ0) is 11.0. The Bertz CT molecular complexity index is 374. The van der Waals surface area contributed by atoms with Crippen LogP contribution in [0, 0.1) is 0 Å². The van der Waals surface area contributed by atoms with Crippen molar-refractivity contribution < 1.29 is 9.47 Å². The summed E-state index contributed by atoms with van der Waals surface area (Å²) in [6.45, 7) is 2.91. The van der Waals surface area contributed by atoms with Crippen molar-refractivity contribution in [1.82, 2.24) is 4.90 Å². The van der Waals surface area contributed by atoms with Crippen molar-refractivity contribution in [2.75, 3.05) is 26.8 Å². The van der Waals surface area contributed by atoms with Crippen LogP contribution >= 0.6 is 0 Å². The lowest BCUT2D eigenvalue weighted by atomic mass is 9.98. The van der Waals surface area contributed by atoms with Crippen molar-refractivity contribution >= 4 is 0 Å². The standard InChI is InChI=1S/C13H17NO2/c1-15-12-7-14(8-12)11-6-10-4-2-3-5-13(10)16-9-11/h2-5,11-12H,6-9H2,1H3. The van der Waals surface area contributed by atoms with Gasteiger partial charge >= 0.3 is 0 Å². The van der Waals surface area contributed by atoms with Gasteiger partial charge in [0.15, 0.2) is 0 Å². The first kappa shape index (κ1) is 10.1. The molecule has 1 atom stereocenters. The highest BCUT2D eigenvalue weighted by Gasteiger charge is 2.34. The molecule has 0 radical (unpaired) electrons. The van der Waals surface area contributed by atoms with Gasteiger partial charge in [-0.3, -0.25) is 4.90 Å². The highest BCUT2D eigenvalue weighted by molar-refractivity contribution is 5.35. The summed E-state index contributed by atoms with van der Waals surface area (Å²) < 4.78 is 11.1. The first-order valence-corrected chi connectivity index (χ1v) is 5.84. The second kappa shape index (κ2) is 4.07. The highest BCUT2D eigenvalue weighted by atomic mass is 16.5. The van der Waals surface area contributed by atoms with Crippen molar-refractivity contribution in [3.05, 3.63) is 29.8 Å². The molecule has 2 aliphatic heterocycles. The summed E-state index contributed by atoms with van der Waals surface area (Å²) in [7, 11) is 1.79. The van der Waals surface area contributed by atoms with E-state index in [4.69, 9.17) is 9.47 Å². The second-order valence-electron chi connectivity index (χ2n) is 4.59. The van der Waals surface area contributed by atoms with Crippen LogP contribution in [0.5, 0.6) is 5.75 Å². The molecule has 0 aromatic heterocycles. The van der Waals surface area contributed by atoms with E-state index in [0.717, 1.165) is 31.9 Å². The summed E-state index contributed by atoms with van der Waals surface area (Å²) in [5.41, 5.74) is 1.33. The molecule has 1 unspecified atom stereocenters. The first-order chi connectivity index (χ1) is 7.86. The van der Waals surface area contributed by atoms with E-state index in [-0.39, 0.29) is 0 Å². The lowest BCUT2D eigenvalue weighted by molar-refractivity contribution is -0.0607. The van der Waals surface area contributed by atoms with Gasteiger partial charge in [-0.1, -0.05) is 18.2 Å². The third-order valence-corrected chi connectivity index (χ3v) is 3.59. The summed E-state index contributed by atoms with van der Waals surface area (Å²) in [6, 6.07) is 8.86. The average molecular weight is 219 g/mol. The Labute approximate surface area is 96.0 Å². The number of likely N-dealkylation sites (tertiary alicyclic amines) is 1. The molecule has 0 N–H and O–H groups in total. The maximum Gasteiger partial charge on any atom is 0.122 e. The number of methoxy groups -OCH3 is 1. The molecular weight excluding hydrogens is 202 g/mol. The van der Waals surface area contributed by atoms with E-state index in [0.29, 0.717) is 12.1 Å². The van der Waals surface area contributed by atoms with Crippen molar-refractivity contribution in [2.45, 2.75) is 18.6 Å². The molecule has 1 aromatic carbocycles. The minimum atomic E-state index is 0.428. The zero-order valence-electron chi connectivity index (χ0n) is 9.56. The Morgan fingerprint density at radius 1 is 1.31 bits per heavy atom. The van der Waals surface area contributed by atoms with Crippen LogP contribution in [0.15, 0.2) is 24.3 Å².